The topological polar surface area (TPSA) is 877 Å². The minimum Gasteiger partial charge on any atom is -0.504 e. The fourth-order valence-electron chi connectivity index (χ4n) is 13.9. The Morgan fingerprint density at radius 1 is 0.246 bits per heavy atom. The van der Waals surface area contributed by atoms with Crippen molar-refractivity contribution in [2.45, 2.75) is 61.4 Å². The fourth-order valence-corrected chi connectivity index (χ4v) is 13.9. The Hall–Kier alpha value is -19.2. The molecule has 29 N–H and O–H groups in total. The van der Waals surface area contributed by atoms with Gasteiger partial charge in [-0.15, -0.1) is 0 Å². The van der Waals surface area contributed by atoms with Gasteiger partial charge < -0.3 is 210 Å². The van der Waals surface area contributed by atoms with Crippen molar-refractivity contribution in [2.75, 3.05) is 13.2 Å². The molecule has 14 rings (SSSR count). The van der Waals surface area contributed by atoms with Crippen LogP contribution in [-0.4, -0.2) is 282 Å². The highest BCUT2D eigenvalue weighted by Gasteiger charge is 2.58. The molecule has 698 valence electrons. The molecule has 4 unspecified atom stereocenters. The summed E-state index contributed by atoms with van der Waals surface area (Å²) in [4.78, 5) is 148. The maximum Gasteiger partial charge on any atom is 0.344 e. The molecule has 2 saturated heterocycles. The molecule has 52 nitrogen and oxygen atoms in total. The van der Waals surface area contributed by atoms with Crippen molar-refractivity contribution < 1.29 is 258 Å². The highest BCUT2D eigenvalue weighted by molar-refractivity contribution is 6.11. The van der Waals surface area contributed by atoms with Crippen LogP contribution < -0.4 is 4.74 Å². The summed E-state index contributed by atoms with van der Waals surface area (Å²) in [7, 11) is 0. The number of carbonyl (C=O) groups excluding carboxylic acids is 10. The van der Waals surface area contributed by atoms with Gasteiger partial charge in [0.1, 0.15) is 31.0 Å². The van der Waals surface area contributed by atoms with Gasteiger partial charge in [-0.1, -0.05) is 0 Å². The molecular weight excluding hydrogens is 1820 g/mol. The summed E-state index contributed by atoms with van der Waals surface area (Å²) >= 11 is 0. The number of esters is 10. The van der Waals surface area contributed by atoms with Crippen LogP contribution in [-0.2, 0) is 56.8 Å². The molecule has 0 aliphatic carbocycles. The van der Waals surface area contributed by atoms with E-state index in [0.29, 0.717) is 60.7 Å². The predicted octanol–water partition coefficient (Wildman–Crippen LogP) is 3.73. The molecule has 0 amide bonds. The van der Waals surface area contributed by atoms with Crippen LogP contribution in [0, 0.1) is 0 Å². The van der Waals surface area contributed by atoms with Gasteiger partial charge >= 0.3 is 59.7 Å². The summed E-state index contributed by atoms with van der Waals surface area (Å²) in [5.41, 5.74) is -17.0. The van der Waals surface area contributed by atoms with Gasteiger partial charge in [0.25, 0.3) is 0 Å². The average Bonchev–Trinajstić information content (AvgIpc) is 1.27. The maximum absolute atomic E-state index is 15.4. The van der Waals surface area contributed by atoms with E-state index in [1.807, 2.05) is 0 Å². The van der Waals surface area contributed by atoms with Gasteiger partial charge in [0.15, 0.2) is 162 Å². The van der Waals surface area contributed by atoms with E-state index in [0.717, 1.165) is 0 Å². The van der Waals surface area contributed by atoms with Crippen molar-refractivity contribution in [3.8, 4) is 200 Å². The third-order valence-electron chi connectivity index (χ3n) is 20.4. The molecule has 0 aromatic heterocycles. The molecule has 2 fully saturated rings. The zero-order chi connectivity index (χ0) is 97.7. The number of rotatable bonds is 14. The van der Waals surface area contributed by atoms with E-state index in [1.54, 1.807) is 0 Å². The van der Waals surface area contributed by atoms with Crippen molar-refractivity contribution in [1.82, 2.24) is 0 Å². The van der Waals surface area contributed by atoms with Gasteiger partial charge in [0.2, 0.25) is 65.0 Å². The molecule has 0 radical (unpaired) electrons. The van der Waals surface area contributed by atoms with Crippen molar-refractivity contribution in [3.63, 3.8) is 0 Å². The van der Waals surface area contributed by atoms with E-state index in [4.69, 9.17) is 61.6 Å². The summed E-state index contributed by atoms with van der Waals surface area (Å²) in [5.74, 6) is -65.2. The smallest absolute Gasteiger partial charge is 0.344 e. The molecule has 4 aliphatic rings. The van der Waals surface area contributed by atoms with E-state index < -0.39 is 390 Å². The lowest BCUT2D eigenvalue weighted by atomic mass is 9.92. The maximum atomic E-state index is 15.4. The normalized spacial score (nSPS) is 19.1. The van der Waals surface area contributed by atoms with E-state index in [9.17, 15) is 182 Å². The van der Waals surface area contributed by atoms with Crippen LogP contribution in [0.15, 0.2) is 91.0 Å². The number of cyclic esters (lactones) is 2. The lowest BCUT2D eigenvalue weighted by Gasteiger charge is -2.43. The van der Waals surface area contributed by atoms with Crippen LogP contribution in [0.3, 0.4) is 0 Å². The second kappa shape index (κ2) is 34.2. The van der Waals surface area contributed by atoms with Gasteiger partial charge in [-0.3, -0.25) is 0 Å². The second-order valence-electron chi connectivity index (χ2n) is 28.7. The van der Waals surface area contributed by atoms with E-state index >= 15 is 14.4 Å². The number of benzene rings is 10. The SMILES string of the molecule is O=C(OC1[C@H]2OC(=O)c3cc(O)c(O)c(O)c3-c3c(cc(O)c(O)c3O)C(=O)OCC2O[C@@H](OC(=O)c2cc(O)c(O)c(O)c2Oc2cc(C(=O)O[C@@H]3OC4COC(=O)c5cc(O)c(O)c(O)c5-c5c(cc(O)c(O)c5O)C(=O)O[C@H]4[C@H](OC(=O)c4cc(O)c(O)c(O)c4)C3OC(=O)c3cc(O)c(O)c(O)c3)cc(O)c2O)[C@@H]1OC(=O)c1cc(O)c(O)c(O)c1)c1cc(O)c(O)c(O)c1. The zero-order valence-corrected chi connectivity index (χ0v) is 65.7. The van der Waals surface area contributed by atoms with Crippen molar-refractivity contribution >= 4 is 59.7 Å². The first-order valence-corrected chi connectivity index (χ1v) is 37.0. The van der Waals surface area contributed by atoms with Crippen LogP contribution in [0.1, 0.15) is 104 Å². The summed E-state index contributed by atoms with van der Waals surface area (Å²) in [5, 5.41) is 314. The Kier molecular flexibility index (Phi) is 23.2. The van der Waals surface area contributed by atoms with Crippen LogP contribution in [0.2, 0.25) is 0 Å². The molecule has 52 heteroatoms. The predicted molar refractivity (Wildman–Crippen MR) is 415 cm³/mol. The Morgan fingerprint density at radius 2 is 0.485 bits per heavy atom. The van der Waals surface area contributed by atoms with Crippen LogP contribution in [0.4, 0.5) is 0 Å². The third kappa shape index (κ3) is 16.2. The molecule has 4 aliphatic heterocycles. The van der Waals surface area contributed by atoms with Crippen molar-refractivity contribution in [3.05, 3.63) is 147 Å². The fraction of sp³-hybridized carbons (Fsp3) is 0.146. The summed E-state index contributed by atoms with van der Waals surface area (Å²) in [6.45, 7) is -3.14. The van der Waals surface area contributed by atoms with E-state index in [1.165, 1.54) is 0 Å². The lowest BCUT2D eigenvalue weighted by Crippen LogP contribution is -2.63. The highest BCUT2D eigenvalue weighted by atomic mass is 16.8. The molecule has 10 aromatic carbocycles. The van der Waals surface area contributed by atoms with Gasteiger partial charge in [0.05, 0.1) is 50.1 Å². The Labute approximate surface area is 736 Å². The first kappa shape index (κ1) is 91.0. The minimum absolute atomic E-state index is 0.102. The largest absolute Gasteiger partial charge is 0.504 e. The number of ether oxygens (including phenoxy) is 13. The number of phenols is 29. The number of fused-ring (bicyclic) bond motifs is 8. The van der Waals surface area contributed by atoms with E-state index in [-0.39, 0.29) is 30.3 Å². The van der Waals surface area contributed by atoms with Gasteiger partial charge in [-0.25, -0.2) is 47.9 Å². The molecule has 0 saturated carbocycles. The Morgan fingerprint density at radius 3 is 0.791 bits per heavy atom. The average molecular weight is 1880 g/mol. The van der Waals surface area contributed by atoms with Crippen LogP contribution in [0.25, 0.3) is 22.3 Å². The molecule has 0 bridgehead atoms. The summed E-state index contributed by atoms with van der Waals surface area (Å²) < 4.78 is 74.3. The number of hydrogen-bond acceptors (Lipinski definition) is 52. The quantitative estimate of drug-likeness (QED) is 0.0419. The Balaban J connectivity index is 0.880. The third-order valence-corrected chi connectivity index (χ3v) is 20.4. The number of aromatic hydroxyl groups is 29. The van der Waals surface area contributed by atoms with Crippen LogP contribution in [0.5, 0.6) is 178 Å². The van der Waals surface area contributed by atoms with Gasteiger partial charge in [0, 0.05) is 28.3 Å². The first-order valence-electron chi connectivity index (χ1n) is 37.0. The molecule has 0 spiro atoms. The standard InChI is InChI=1S/C82H58O52/c83-28-1-18(2-29(84)49(28)97)71(112)129-67-65-43(16-122-76(117)23-11-37(92)54(102)59(107)45(23)47-25(78(119)127-65)13-39(94)56(104)61(47)109)125-81(69(67)131-73(114)20-5-32(87)51(99)33(88)6-20)133-75(116)22-9-36(91)53(101)42(10-22)124-64-27(15-41(96)58(106)63(64)111)80(121)134-82-70(132-74(115)21-7-34(89)52(100)35(90)8-21)68(130-72(113)19-3-30(85)50(98)31(86)4-19)66-44(126-82)17-123-77(118)24-12-38(93)55(103)60(108)46(24)48-26(79(120)128-66)14-40(95)57(105)62(48)110/h1-15,43-44,65-70,81-111H,16-17H2/t43?,44?,65-,66+,67+,68?,69?,70-,81+,82+/m1/s1. The lowest BCUT2D eigenvalue weighted by molar-refractivity contribution is -0.282. The number of hydrogen-bond donors (Lipinski definition) is 29. The highest BCUT2D eigenvalue weighted by Crippen LogP contribution is 2.58. The van der Waals surface area contributed by atoms with E-state index in [2.05, 4.69) is 0 Å². The zero-order valence-electron chi connectivity index (χ0n) is 65.7. The molecular formula is C82H58O52. The Bertz CT molecular complexity index is 6660. The number of carbonyl (C=O) groups is 10. The van der Waals surface area contributed by atoms with Crippen LogP contribution >= 0.6 is 0 Å². The van der Waals surface area contributed by atoms with Gasteiger partial charge in [-0.05, 0) is 84.9 Å². The summed E-state index contributed by atoms with van der Waals surface area (Å²) in [6, 6.07) is 4.83. The minimum atomic E-state index is -3.10. The second-order valence-corrected chi connectivity index (χ2v) is 28.7. The van der Waals surface area contributed by atoms with Crippen molar-refractivity contribution in [1.29, 1.82) is 0 Å². The molecule has 4 heterocycles. The monoisotopic (exact) mass is 1870 g/mol. The molecule has 10 aromatic rings. The van der Waals surface area contributed by atoms with Crippen molar-refractivity contribution in [2.24, 2.45) is 0 Å². The molecule has 134 heavy (non-hydrogen) atoms. The number of phenolic OH excluding ortho intramolecular Hbond substituents is 29. The summed E-state index contributed by atoms with van der Waals surface area (Å²) in [6.07, 6.45) is -28.6. The molecule has 10 atom stereocenters. The van der Waals surface area contributed by atoms with Gasteiger partial charge in [-0.2, -0.15) is 0 Å². The first-order chi connectivity index (χ1) is 63.0.